The predicted octanol–water partition coefficient (Wildman–Crippen LogP) is 5.42. The van der Waals surface area contributed by atoms with E-state index in [0.29, 0.717) is 28.3 Å². The average molecular weight is 402 g/mol. The van der Waals surface area contributed by atoms with Gasteiger partial charge in [-0.2, -0.15) is 0 Å². The van der Waals surface area contributed by atoms with Gasteiger partial charge in [-0.1, -0.05) is 12.1 Å². The molecule has 0 saturated heterocycles. The number of halogens is 2. The van der Waals surface area contributed by atoms with Gasteiger partial charge in [-0.3, -0.25) is 4.79 Å². The van der Waals surface area contributed by atoms with Crippen LogP contribution in [0.5, 0.6) is 0 Å². The summed E-state index contributed by atoms with van der Waals surface area (Å²) in [6.07, 6.45) is 1.40. The summed E-state index contributed by atoms with van der Waals surface area (Å²) >= 11 is 0. The molecule has 0 saturated carbocycles. The Morgan fingerprint density at radius 1 is 0.767 bits per heavy atom. The van der Waals surface area contributed by atoms with Crippen LogP contribution in [0, 0.1) is 11.6 Å². The SMILES string of the molecule is O=C(Nc1ccc(F)cc1)c1ccc(Nc2cc(-c3cccc(F)c3)ncn2)cc1. The molecule has 0 fully saturated rings. The van der Waals surface area contributed by atoms with Gasteiger partial charge in [0, 0.05) is 28.6 Å². The molecule has 5 nitrogen and oxygen atoms in total. The van der Waals surface area contributed by atoms with Crippen molar-refractivity contribution in [1.29, 1.82) is 0 Å². The van der Waals surface area contributed by atoms with Crippen LogP contribution in [0.15, 0.2) is 85.2 Å². The zero-order valence-electron chi connectivity index (χ0n) is 15.6. The molecular weight excluding hydrogens is 386 g/mol. The standard InChI is InChI=1S/C23H16F2N4O/c24-17-6-10-20(11-7-17)29-23(30)15-4-8-19(9-5-15)28-22-13-21(26-14-27-22)16-2-1-3-18(25)12-16/h1-14H,(H,29,30)(H,26,27,28). The molecule has 4 aromatic rings. The molecule has 0 atom stereocenters. The Morgan fingerprint density at radius 2 is 1.50 bits per heavy atom. The van der Waals surface area contributed by atoms with Crippen LogP contribution in [0.2, 0.25) is 0 Å². The Kier molecular flexibility index (Phi) is 5.43. The van der Waals surface area contributed by atoms with Crippen LogP contribution in [0.1, 0.15) is 10.4 Å². The van der Waals surface area contributed by atoms with E-state index in [4.69, 9.17) is 0 Å². The van der Waals surface area contributed by atoms with Gasteiger partial charge in [0.2, 0.25) is 0 Å². The number of carbonyl (C=O) groups is 1. The molecule has 4 rings (SSSR count). The Labute approximate surface area is 171 Å². The Hall–Kier alpha value is -4.13. The van der Waals surface area contributed by atoms with Gasteiger partial charge < -0.3 is 10.6 Å². The smallest absolute Gasteiger partial charge is 0.255 e. The second-order valence-corrected chi connectivity index (χ2v) is 6.46. The molecule has 30 heavy (non-hydrogen) atoms. The van der Waals surface area contributed by atoms with Gasteiger partial charge in [-0.15, -0.1) is 0 Å². The van der Waals surface area contributed by atoms with E-state index in [9.17, 15) is 13.6 Å². The summed E-state index contributed by atoms with van der Waals surface area (Å²) in [6, 6.07) is 20.2. The summed E-state index contributed by atoms with van der Waals surface area (Å²) in [5.41, 5.74) is 2.91. The highest BCUT2D eigenvalue weighted by molar-refractivity contribution is 6.04. The maximum atomic E-state index is 13.5. The summed E-state index contributed by atoms with van der Waals surface area (Å²) in [7, 11) is 0. The first-order valence-electron chi connectivity index (χ1n) is 9.09. The third kappa shape index (κ3) is 4.64. The largest absolute Gasteiger partial charge is 0.340 e. The minimum atomic E-state index is -0.367. The van der Waals surface area contributed by atoms with E-state index in [0.717, 1.165) is 5.69 Å². The summed E-state index contributed by atoms with van der Waals surface area (Å²) < 4.78 is 26.4. The molecule has 1 aromatic heterocycles. The van der Waals surface area contributed by atoms with E-state index >= 15 is 0 Å². The quantitative estimate of drug-likeness (QED) is 0.468. The molecule has 0 bridgehead atoms. The maximum Gasteiger partial charge on any atom is 0.255 e. The lowest BCUT2D eigenvalue weighted by Crippen LogP contribution is -2.11. The van der Waals surface area contributed by atoms with Crippen molar-refractivity contribution in [3.63, 3.8) is 0 Å². The predicted molar refractivity (Wildman–Crippen MR) is 112 cm³/mol. The number of nitrogens with one attached hydrogen (secondary N) is 2. The van der Waals surface area contributed by atoms with Crippen LogP contribution >= 0.6 is 0 Å². The van der Waals surface area contributed by atoms with Gasteiger partial charge in [0.1, 0.15) is 23.8 Å². The first kappa shape index (κ1) is 19.2. The normalized spacial score (nSPS) is 10.5. The fourth-order valence-electron chi connectivity index (χ4n) is 2.82. The number of hydrogen-bond donors (Lipinski definition) is 2. The Balaban J connectivity index is 1.45. The average Bonchev–Trinajstić information content (AvgIpc) is 2.76. The van der Waals surface area contributed by atoms with Crippen LogP contribution in [-0.4, -0.2) is 15.9 Å². The van der Waals surface area contributed by atoms with Crippen molar-refractivity contribution in [2.24, 2.45) is 0 Å². The number of amides is 1. The Morgan fingerprint density at radius 3 is 2.23 bits per heavy atom. The highest BCUT2D eigenvalue weighted by atomic mass is 19.1. The van der Waals surface area contributed by atoms with E-state index in [-0.39, 0.29) is 17.5 Å². The molecule has 0 spiro atoms. The van der Waals surface area contributed by atoms with Crippen LogP contribution in [0.25, 0.3) is 11.3 Å². The van der Waals surface area contributed by atoms with E-state index in [2.05, 4.69) is 20.6 Å². The van der Waals surface area contributed by atoms with Crippen molar-refractivity contribution >= 4 is 23.1 Å². The zero-order valence-corrected chi connectivity index (χ0v) is 15.6. The van der Waals surface area contributed by atoms with E-state index in [1.165, 1.54) is 42.7 Å². The van der Waals surface area contributed by atoms with Crippen LogP contribution in [0.4, 0.5) is 26.0 Å². The molecule has 2 N–H and O–H groups in total. The summed E-state index contributed by atoms with van der Waals surface area (Å²) in [4.78, 5) is 20.7. The molecule has 0 aliphatic rings. The second kappa shape index (κ2) is 8.48. The number of aromatic nitrogens is 2. The van der Waals surface area contributed by atoms with Crippen molar-refractivity contribution < 1.29 is 13.6 Å². The van der Waals surface area contributed by atoms with Crippen molar-refractivity contribution in [3.8, 4) is 11.3 Å². The minimum Gasteiger partial charge on any atom is -0.340 e. The topological polar surface area (TPSA) is 66.9 Å². The molecule has 0 aliphatic carbocycles. The van der Waals surface area contributed by atoms with E-state index in [1.807, 2.05) is 0 Å². The molecular formula is C23H16F2N4O. The molecule has 1 amide bonds. The number of benzene rings is 3. The van der Waals surface area contributed by atoms with Gasteiger partial charge in [0.05, 0.1) is 5.69 Å². The molecule has 0 unspecified atom stereocenters. The van der Waals surface area contributed by atoms with Crippen LogP contribution in [0.3, 0.4) is 0 Å². The maximum absolute atomic E-state index is 13.5. The van der Waals surface area contributed by atoms with Gasteiger partial charge in [-0.25, -0.2) is 18.7 Å². The summed E-state index contributed by atoms with van der Waals surface area (Å²) in [6.45, 7) is 0. The lowest BCUT2D eigenvalue weighted by molar-refractivity contribution is 0.102. The van der Waals surface area contributed by atoms with Gasteiger partial charge in [0.25, 0.3) is 5.91 Å². The van der Waals surface area contributed by atoms with Crippen molar-refractivity contribution in [2.75, 3.05) is 10.6 Å². The van der Waals surface area contributed by atoms with Crippen LogP contribution < -0.4 is 10.6 Å². The monoisotopic (exact) mass is 402 g/mol. The van der Waals surface area contributed by atoms with Gasteiger partial charge in [-0.05, 0) is 60.7 Å². The van der Waals surface area contributed by atoms with Gasteiger partial charge >= 0.3 is 0 Å². The fraction of sp³-hybridized carbons (Fsp3) is 0. The highest BCUT2D eigenvalue weighted by Gasteiger charge is 2.07. The fourth-order valence-corrected chi connectivity index (χ4v) is 2.82. The first-order chi connectivity index (χ1) is 14.6. The van der Waals surface area contributed by atoms with Gasteiger partial charge in [0.15, 0.2) is 0 Å². The molecule has 0 radical (unpaired) electrons. The van der Waals surface area contributed by atoms with Crippen molar-refractivity contribution in [1.82, 2.24) is 9.97 Å². The minimum absolute atomic E-state index is 0.302. The number of carbonyl (C=O) groups excluding carboxylic acids is 1. The molecule has 7 heteroatoms. The first-order valence-corrected chi connectivity index (χ1v) is 9.09. The number of nitrogens with zero attached hydrogens (tertiary/aromatic N) is 2. The lowest BCUT2D eigenvalue weighted by Gasteiger charge is -2.09. The third-order valence-electron chi connectivity index (χ3n) is 4.31. The summed E-state index contributed by atoms with van der Waals surface area (Å²) in [5.74, 6) is -0.472. The lowest BCUT2D eigenvalue weighted by atomic mass is 10.1. The van der Waals surface area contributed by atoms with E-state index in [1.54, 1.807) is 42.5 Å². The number of rotatable bonds is 5. The number of anilines is 3. The summed E-state index contributed by atoms with van der Waals surface area (Å²) in [5, 5.41) is 5.84. The number of hydrogen-bond acceptors (Lipinski definition) is 4. The molecule has 1 heterocycles. The molecule has 0 aliphatic heterocycles. The van der Waals surface area contributed by atoms with E-state index < -0.39 is 0 Å². The Bertz CT molecular complexity index is 1180. The second-order valence-electron chi connectivity index (χ2n) is 6.46. The van der Waals surface area contributed by atoms with Crippen molar-refractivity contribution in [3.05, 3.63) is 102 Å². The third-order valence-corrected chi connectivity index (χ3v) is 4.31. The molecule has 3 aromatic carbocycles. The highest BCUT2D eigenvalue weighted by Crippen LogP contribution is 2.22. The van der Waals surface area contributed by atoms with Crippen LogP contribution in [-0.2, 0) is 0 Å². The molecule has 148 valence electrons. The van der Waals surface area contributed by atoms with Crippen molar-refractivity contribution in [2.45, 2.75) is 0 Å². The zero-order chi connectivity index (χ0) is 20.9.